The highest BCUT2D eigenvalue weighted by molar-refractivity contribution is 5.94. The molecule has 0 saturated heterocycles. The van der Waals surface area contributed by atoms with Gasteiger partial charge >= 0.3 is 5.97 Å². The number of nitrogens with zero attached hydrogens (tertiary/aromatic N) is 3. The number of nitrogens with one attached hydrogen (secondary N) is 1. The Kier molecular flexibility index (Phi) is 6.32. The monoisotopic (exact) mass is 460 g/mol. The van der Waals surface area contributed by atoms with Gasteiger partial charge in [0.1, 0.15) is 11.6 Å². The molecule has 176 valence electrons. The number of fused-ring (bicyclic) bond motifs is 1. The molecular formula is C26H28N4O4. The van der Waals surface area contributed by atoms with Gasteiger partial charge in [0.25, 0.3) is 5.69 Å². The lowest BCUT2D eigenvalue weighted by Crippen LogP contribution is -2.15. The molecule has 0 bridgehead atoms. The summed E-state index contributed by atoms with van der Waals surface area (Å²) in [7, 11) is 0. The number of carboxylic acids is 1. The highest BCUT2D eigenvalue weighted by Gasteiger charge is 2.22. The minimum Gasteiger partial charge on any atom is -0.481 e. The van der Waals surface area contributed by atoms with E-state index in [0.29, 0.717) is 30.9 Å². The SMILES string of the molecule is Cc1cc([C@@H](C)Nc2nc(C)nc3c(C)cc(C4=CCC(C(=O)O)CC4)cc23)cc([N+](=O)[O-])c1. The van der Waals surface area contributed by atoms with E-state index in [9.17, 15) is 20.0 Å². The zero-order chi connectivity index (χ0) is 24.6. The lowest BCUT2D eigenvalue weighted by atomic mass is 9.86. The van der Waals surface area contributed by atoms with E-state index in [2.05, 4.69) is 27.4 Å². The molecule has 3 aromatic rings. The highest BCUT2D eigenvalue weighted by atomic mass is 16.6. The minimum atomic E-state index is -0.745. The van der Waals surface area contributed by atoms with E-state index in [1.54, 1.807) is 12.1 Å². The largest absolute Gasteiger partial charge is 0.481 e. The van der Waals surface area contributed by atoms with Gasteiger partial charge in [0.05, 0.1) is 22.4 Å². The molecule has 1 aliphatic rings. The van der Waals surface area contributed by atoms with Crippen LogP contribution in [0, 0.1) is 36.8 Å². The fraction of sp³-hybridized carbons (Fsp3) is 0.346. The minimum absolute atomic E-state index is 0.0643. The maximum atomic E-state index is 11.3. The fourth-order valence-corrected chi connectivity index (χ4v) is 4.57. The summed E-state index contributed by atoms with van der Waals surface area (Å²) in [6.07, 6.45) is 3.89. The van der Waals surface area contributed by atoms with Crippen molar-refractivity contribution in [1.29, 1.82) is 0 Å². The number of carboxylic acid groups (broad SMARTS) is 1. The number of nitro benzene ring substituents is 1. The Morgan fingerprint density at radius 1 is 1.18 bits per heavy atom. The third-order valence-electron chi connectivity index (χ3n) is 6.38. The predicted octanol–water partition coefficient (Wildman–Crippen LogP) is 5.90. The lowest BCUT2D eigenvalue weighted by molar-refractivity contribution is -0.385. The molecule has 0 aliphatic heterocycles. The molecule has 2 aromatic carbocycles. The molecule has 0 spiro atoms. The molecule has 0 amide bonds. The third kappa shape index (κ3) is 4.76. The average molecular weight is 461 g/mol. The van der Waals surface area contributed by atoms with Crippen LogP contribution in [0.15, 0.2) is 36.4 Å². The third-order valence-corrected chi connectivity index (χ3v) is 6.38. The van der Waals surface area contributed by atoms with Crippen molar-refractivity contribution in [2.75, 3.05) is 5.32 Å². The molecule has 4 rings (SSSR count). The van der Waals surface area contributed by atoms with Crippen molar-refractivity contribution in [1.82, 2.24) is 9.97 Å². The number of non-ortho nitro benzene ring substituents is 1. The summed E-state index contributed by atoms with van der Waals surface area (Å²) in [4.78, 5) is 31.6. The van der Waals surface area contributed by atoms with Crippen molar-refractivity contribution in [2.45, 2.75) is 53.0 Å². The molecule has 1 aromatic heterocycles. The Bertz CT molecular complexity index is 1330. The van der Waals surface area contributed by atoms with Crippen molar-refractivity contribution in [2.24, 2.45) is 5.92 Å². The number of benzene rings is 2. The molecule has 8 nitrogen and oxygen atoms in total. The second kappa shape index (κ2) is 9.21. The molecule has 1 aliphatic carbocycles. The number of aryl methyl sites for hydroxylation is 3. The summed E-state index contributed by atoms with van der Waals surface area (Å²) in [5.41, 5.74) is 5.73. The van der Waals surface area contributed by atoms with E-state index < -0.39 is 5.97 Å². The molecule has 1 unspecified atom stereocenters. The van der Waals surface area contributed by atoms with Crippen LogP contribution in [0.1, 0.15) is 60.3 Å². The topological polar surface area (TPSA) is 118 Å². The van der Waals surface area contributed by atoms with Crippen LogP contribution >= 0.6 is 0 Å². The first-order valence-corrected chi connectivity index (χ1v) is 11.4. The van der Waals surface area contributed by atoms with Gasteiger partial charge in [-0.05, 0) is 86.9 Å². The highest BCUT2D eigenvalue weighted by Crippen LogP contribution is 2.35. The molecular weight excluding hydrogens is 432 g/mol. The van der Waals surface area contributed by atoms with Crippen LogP contribution in [0.3, 0.4) is 0 Å². The number of allylic oxidation sites excluding steroid dienone is 2. The van der Waals surface area contributed by atoms with E-state index in [-0.39, 0.29) is 22.6 Å². The molecule has 34 heavy (non-hydrogen) atoms. The lowest BCUT2D eigenvalue weighted by Gasteiger charge is -2.21. The van der Waals surface area contributed by atoms with Gasteiger partial charge in [0, 0.05) is 17.5 Å². The number of carbonyl (C=O) groups is 1. The van der Waals surface area contributed by atoms with Crippen LogP contribution in [0.5, 0.6) is 0 Å². The van der Waals surface area contributed by atoms with Gasteiger partial charge in [0.2, 0.25) is 0 Å². The second-order valence-electron chi connectivity index (χ2n) is 9.07. The van der Waals surface area contributed by atoms with Gasteiger partial charge < -0.3 is 10.4 Å². The van der Waals surface area contributed by atoms with Crippen LogP contribution in [-0.4, -0.2) is 26.0 Å². The number of hydrogen-bond acceptors (Lipinski definition) is 6. The predicted molar refractivity (Wildman–Crippen MR) is 132 cm³/mol. The van der Waals surface area contributed by atoms with Crippen molar-refractivity contribution in [3.8, 4) is 0 Å². The van der Waals surface area contributed by atoms with Crippen LogP contribution in [0.4, 0.5) is 11.5 Å². The number of aliphatic carboxylic acids is 1. The number of anilines is 1. The summed E-state index contributed by atoms with van der Waals surface area (Å²) in [6, 6.07) is 9.02. The average Bonchev–Trinajstić information content (AvgIpc) is 2.79. The first kappa shape index (κ1) is 23.4. The van der Waals surface area contributed by atoms with Gasteiger partial charge in [-0.25, -0.2) is 9.97 Å². The van der Waals surface area contributed by atoms with Gasteiger partial charge in [-0.2, -0.15) is 0 Å². The van der Waals surface area contributed by atoms with Crippen LogP contribution in [-0.2, 0) is 4.79 Å². The maximum absolute atomic E-state index is 11.3. The van der Waals surface area contributed by atoms with E-state index >= 15 is 0 Å². The van der Waals surface area contributed by atoms with Crippen molar-refractivity contribution in [3.05, 3.63) is 74.6 Å². The zero-order valence-corrected chi connectivity index (χ0v) is 19.8. The summed E-state index contributed by atoms with van der Waals surface area (Å²) in [6.45, 7) is 7.65. The first-order chi connectivity index (χ1) is 16.1. The second-order valence-corrected chi connectivity index (χ2v) is 9.07. The van der Waals surface area contributed by atoms with Gasteiger partial charge in [0.15, 0.2) is 0 Å². The van der Waals surface area contributed by atoms with Crippen molar-refractivity contribution < 1.29 is 14.8 Å². The smallest absolute Gasteiger partial charge is 0.306 e. The summed E-state index contributed by atoms with van der Waals surface area (Å²) < 4.78 is 0. The van der Waals surface area contributed by atoms with Gasteiger partial charge in [-0.1, -0.05) is 12.1 Å². The molecule has 8 heteroatoms. The van der Waals surface area contributed by atoms with E-state index in [4.69, 9.17) is 0 Å². The fourth-order valence-electron chi connectivity index (χ4n) is 4.57. The Labute approximate surface area is 197 Å². The number of rotatable bonds is 6. The maximum Gasteiger partial charge on any atom is 0.306 e. The van der Waals surface area contributed by atoms with Crippen LogP contribution < -0.4 is 5.32 Å². The van der Waals surface area contributed by atoms with Crippen LogP contribution in [0.2, 0.25) is 0 Å². The molecule has 2 N–H and O–H groups in total. The number of aromatic nitrogens is 2. The number of hydrogen-bond donors (Lipinski definition) is 2. The standard InChI is InChI=1S/C26H28N4O4/c1-14-9-20(12-22(10-14)30(33)34)16(3)27-25-23-13-21(11-15(2)24(23)28-17(4)29-25)18-5-7-19(8-6-18)26(31)32/h5,9-13,16,19H,6-8H2,1-4H3,(H,31,32)(H,27,28,29)/t16-,19?/m1/s1. The van der Waals surface area contributed by atoms with Crippen LogP contribution in [0.25, 0.3) is 16.5 Å². The quantitative estimate of drug-likeness (QED) is 0.347. The van der Waals surface area contributed by atoms with Crippen molar-refractivity contribution >= 4 is 34.0 Å². The summed E-state index contributed by atoms with van der Waals surface area (Å²) >= 11 is 0. The molecule has 0 radical (unpaired) electrons. The summed E-state index contributed by atoms with van der Waals surface area (Å²) in [5, 5.41) is 24.9. The molecule has 0 saturated carbocycles. The zero-order valence-electron chi connectivity index (χ0n) is 19.8. The Balaban J connectivity index is 1.73. The van der Waals surface area contributed by atoms with Crippen molar-refractivity contribution in [3.63, 3.8) is 0 Å². The summed E-state index contributed by atoms with van der Waals surface area (Å²) in [5.74, 6) is 0.233. The Morgan fingerprint density at radius 2 is 1.94 bits per heavy atom. The van der Waals surface area contributed by atoms with E-state index in [1.165, 1.54) is 0 Å². The normalized spacial score (nSPS) is 16.7. The van der Waals surface area contributed by atoms with E-state index in [0.717, 1.165) is 38.7 Å². The Morgan fingerprint density at radius 3 is 2.59 bits per heavy atom. The van der Waals surface area contributed by atoms with Gasteiger partial charge in [-0.15, -0.1) is 0 Å². The molecule has 0 fully saturated rings. The molecule has 2 atom stereocenters. The first-order valence-electron chi connectivity index (χ1n) is 11.4. The molecule has 1 heterocycles. The van der Waals surface area contributed by atoms with E-state index in [1.807, 2.05) is 39.8 Å². The van der Waals surface area contributed by atoms with Gasteiger partial charge in [-0.3, -0.25) is 14.9 Å². The number of nitro groups is 1. The Hall–Kier alpha value is -3.81.